The molecule has 1 atom stereocenters. The fraction of sp³-hybridized carbons (Fsp3) is 0.333. The third kappa shape index (κ3) is 3.52. The molecule has 1 nitrogen and oxygen atoms in total. The Kier molecular flexibility index (Phi) is 6.26. The second kappa shape index (κ2) is 6.63. The summed E-state index contributed by atoms with van der Waals surface area (Å²) in [5.74, 6) is 0. The lowest BCUT2D eigenvalue weighted by Gasteiger charge is -2.09. The Balaban J connectivity index is 0.00000169. The smallest absolute Gasteiger partial charge is 0.0329 e. The number of hydrogen-bond acceptors (Lipinski definition) is 1. The molecule has 0 aliphatic heterocycles. The predicted molar refractivity (Wildman–Crippen MR) is 64.8 cm³/mol. The van der Waals surface area contributed by atoms with E-state index in [0.717, 1.165) is 12.8 Å². The first kappa shape index (κ1) is 13.2. The van der Waals surface area contributed by atoms with Crippen molar-refractivity contribution in [3.8, 4) is 0 Å². The number of hydrogen-bond donors (Lipinski definition) is 1. The van der Waals surface area contributed by atoms with E-state index in [0.29, 0.717) is 0 Å². The summed E-state index contributed by atoms with van der Waals surface area (Å²) in [7, 11) is 0. The number of rotatable bonds is 4. The lowest BCUT2D eigenvalue weighted by Crippen LogP contribution is -2.08. The average Bonchev–Trinajstić information content (AvgIpc) is 2.18. The zero-order chi connectivity index (χ0) is 9.68. The Bertz CT molecular complexity index is 266. The monoisotopic (exact) mass is 211 g/mol. The molecule has 14 heavy (non-hydrogen) atoms. The van der Waals surface area contributed by atoms with Crippen LogP contribution in [0, 0.1) is 0 Å². The normalized spacial score (nSPS) is 11.6. The number of halogens is 1. The van der Waals surface area contributed by atoms with Gasteiger partial charge in [-0.25, -0.2) is 0 Å². The maximum absolute atomic E-state index is 5.93. The molecule has 0 aliphatic carbocycles. The third-order valence-corrected chi connectivity index (χ3v) is 2.24. The Morgan fingerprint density at radius 3 is 2.36 bits per heavy atom. The molecule has 1 aromatic rings. The van der Waals surface area contributed by atoms with Gasteiger partial charge in [-0.15, -0.1) is 19.0 Å². The van der Waals surface area contributed by atoms with Crippen molar-refractivity contribution in [2.45, 2.75) is 25.8 Å². The van der Waals surface area contributed by atoms with Crippen LogP contribution in [-0.2, 0) is 6.42 Å². The minimum atomic E-state index is 0. The quantitative estimate of drug-likeness (QED) is 0.761. The highest BCUT2D eigenvalue weighted by atomic mass is 35.5. The van der Waals surface area contributed by atoms with E-state index < -0.39 is 0 Å². The first-order chi connectivity index (χ1) is 6.27. The van der Waals surface area contributed by atoms with Gasteiger partial charge in [-0.1, -0.05) is 37.3 Å². The van der Waals surface area contributed by atoms with Crippen molar-refractivity contribution in [3.05, 3.63) is 48.0 Å². The highest BCUT2D eigenvalue weighted by molar-refractivity contribution is 5.85. The van der Waals surface area contributed by atoms with Crippen LogP contribution in [-0.4, -0.2) is 0 Å². The lowest BCUT2D eigenvalue weighted by atomic mass is 10.0. The summed E-state index contributed by atoms with van der Waals surface area (Å²) in [6, 6.07) is 8.58. The van der Waals surface area contributed by atoms with Crippen LogP contribution < -0.4 is 5.73 Å². The van der Waals surface area contributed by atoms with Gasteiger partial charge in [0.1, 0.15) is 0 Å². The van der Waals surface area contributed by atoms with Crippen LogP contribution in [0.25, 0.3) is 0 Å². The molecule has 0 aliphatic rings. The molecule has 0 amide bonds. The van der Waals surface area contributed by atoms with Crippen molar-refractivity contribution in [3.63, 3.8) is 0 Å². The summed E-state index contributed by atoms with van der Waals surface area (Å²) in [4.78, 5) is 0. The van der Waals surface area contributed by atoms with Gasteiger partial charge in [0.25, 0.3) is 0 Å². The molecule has 0 saturated carbocycles. The van der Waals surface area contributed by atoms with Crippen LogP contribution in [0.1, 0.15) is 30.5 Å². The fourth-order valence-corrected chi connectivity index (χ4v) is 1.32. The molecule has 0 heterocycles. The molecule has 78 valence electrons. The molecule has 0 fully saturated rings. The molecule has 0 unspecified atom stereocenters. The van der Waals surface area contributed by atoms with Gasteiger partial charge in [0, 0.05) is 6.04 Å². The predicted octanol–water partition coefficient (Wildman–Crippen LogP) is 3.25. The Hall–Kier alpha value is -0.790. The molecule has 0 saturated heterocycles. The molecule has 2 N–H and O–H groups in total. The van der Waals surface area contributed by atoms with Gasteiger partial charge in [0.05, 0.1) is 0 Å². The van der Waals surface area contributed by atoms with E-state index in [-0.39, 0.29) is 18.4 Å². The second-order valence-electron chi connectivity index (χ2n) is 3.23. The van der Waals surface area contributed by atoms with Crippen molar-refractivity contribution in [2.24, 2.45) is 5.73 Å². The Morgan fingerprint density at radius 2 is 1.93 bits per heavy atom. The van der Waals surface area contributed by atoms with Gasteiger partial charge < -0.3 is 5.73 Å². The molecule has 0 radical (unpaired) electrons. The fourth-order valence-electron chi connectivity index (χ4n) is 1.32. The largest absolute Gasteiger partial charge is 0.324 e. The van der Waals surface area contributed by atoms with Crippen molar-refractivity contribution in [2.75, 3.05) is 0 Å². The molecule has 2 heteroatoms. The topological polar surface area (TPSA) is 26.0 Å². The summed E-state index contributed by atoms with van der Waals surface area (Å²) < 4.78 is 0. The standard InChI is InChI=1S/C12H17N.ClH/c1-3-5-12(13)11-8-6-10(4-2)7-9-11;/h3,6-9,12H,1,4-5,13H2,2H3;1H/t12-;/m1./s1. The Morgan fingerprint density at radius 1 is 1.36 bits per heavy atom. The first-order valence-corrected chi connectivity index (χ1v) is 4.73. The molecule has 0 aromatic heterocycles. The van der Waals surface area contributed by atoms with Crippen molar-refractivity contribution >= 4 is 12.4 Å². The van der Waals surface area contributed by atoms with Crippen LogP contribution in [0.5, 0.6) is 0 Å². The van der Waals surface area contributed by atoms with Gasteiger partial charge in [-0.3, -0.25) is 0 Å². The van der Waals surface area contributed by atoms with E-state index in [1.54, 1.807) is 0 Å². The number of benzene rings is 1. The SMILES string of the molecule is C=CC[C@@H](N)c1ccc(CC)cc1.Cl. The van der Waals surface area contributed by atoms with Gasteiger partial charge in [0.2, 0.25) is 0 Å². The van der Waals surface area contributed by atoms with E-state index in [4.69, 9.17) is 5.73 Å². The van der Waals surface area contributed by atoms with E-state index in [1.807, 2.05) is 6.08 Å². The van der Waals surface area contributed by atoms with E-state index in [9.17, 15) is 0 Å². The number of aryl methyl sites for hydroxylation is 1. The maximum atomic E-state index is 5.93. The van der Waals surface area contributed by atoms with Crippen LogP contribution in [0.4, 0.5) is 0 Å². The molecule has 1 rings (SSSR count). The van der Waals surface area contributed by atoms with Gasteiger partial charge >= 0.3 is 0 Å². The molecular weight excluding hydrogens is 194 g/mol. The first-order valence-electron chi connectivity index (χ1n) is 4.73. The third-order valence-electron chi connectivity index (χ3n) is 2.24. The summed E-state index contributed by atoms with van der Waals surface area (Å²) in [6.07, 6.45) is 3.78. The number of nitrogens with two attached hydrogens (primary N) is 1. The minimum absolute atomic E-state index is 0. The Labute approximate surface area is 92.4 Å². The zero-order valence-electron chi connectivity index (χ0n) is 8.57. The highest BCUT2D eigenvalue weighted by Crippen LogP contribution is 2.15. The summed E-state index contributed by atoms with van der Waals surface area (Å²) in [6.45, 7) is 5.83. The molecule has 0 bridgehead atoms. The van der Waals surface area contributed by atoms with Gasteiger partial charge in [-0.2, -0.15) is 0 Å². The van der Waals surface area contributed by atoms with Crippen molar-refractivity contribution in [1.29, 1.82) is 0 Å². The van der Waals surface area contributed by atoms with Crippen LogP contribution in [0.15, 0.2) is 36.9 Å². The van der Waals surface area contributed by atoms with Gasteiger partial charge in [0.15, 0.2) is 0 Å². The summed E-state index contributed by atoms with van der Waals surface area (Å²) in [5, 5.41) is 0. The van der Waals surface area contributed by atoms with E-state index in [2.05, 4.69) is 37.8 Å². The van der Waals surface area contributed by atoms with E-state index in [1.165, 1.54) is 11.1 Å². The second-order valence-corrected chi connectivity index (χ2v) is 3.23. The van der Waals surface area contributed by atoms with Crippen LogP contribution in [0.3, 0.4) is 0 Å². The lowest BCUT2D eigenvalue weighted by molar-refractivity contribution is 0.741. The summed E-state index contributed by atoms with van der Waals surface area (Å²) >= 11 is 0. The average molecular weight is 212 g/mol. The van der Waals surface area contributed by atoms with Crippen molar-refractivity contribution < 1.29 is 0 Å². The maximum Gasteiger partial charge on any atom is 0.0329 e. The minimum Gasteiger partial charge on any atom is -0.324 e. The van der Waals surface area contributed by atoms with Crippen LogP contribution in [0.2, 0.25) is 0 Å². The highest BCUT2D eigenvalue weighted by Gasteiger charge is 2.02. The molecule has 1 aromatic carbocycles. The summed E-state index contributed by atoms with van der Waals surface area (Å²) in [5.41, 5.74) is 8.47. The zero-order valence-corrected chi connectivity index (χ0v) is 9.39. The van der Waals surface area contributed by atoms with Crippen LogP contribution >= 0.6 is 12.4 Å². The molecule has 0 spiro atoms. The van der Waals surface area contributed by atoms with Gasteiger partial charge in [-0.05, 0) is 24.0 Å². The molecular formula is C12H18ClN. The van der Waals surface area contributed by atoms with Crippen molar-refractivity contribution in [1.82, 2.24) is 0 Å². The van der Waals surface area contributed by atoms with E-state index >= 15 is 0 Å².